The molecule has 0 aliphatic carbocycles. The summed E-state index contributed by atoms with van der Waals surface area (Å²) in [4.78, 5) is 26.7. The number of carbonyl (C=O) groups excluding carboxylic acids is 2. The minimum atomic E-state index is -0.387. The Balaban J connectivity index is 1.62. The number of rotatable bonds is 7. The second kappa shape index (κ2) is 9.59. The third-order valence-corrected chi connectivity index (χ3v) is 5.34. The molecule has 1 aliphatic rings. The Hall–Kier alpha value is -2.82. The smallest absolute Gasteiger partial charge is 0.246 e. The maximum atomic E-state index is 12.7. The zero-order chi connectivity index (χ0) is 20.8. The van der Waals surface area contributed by atoms with Crippen LogP contribution in [0.4, 0.5) is 11.4 Å². The zero-order valence-corrected chi connectivity index (χ0v) is 17.6. The highest BCUT2D eigenvalue weighted by molar-refractivity contribution is 5.97. The van der Waals surface area contributed by atoms with Crippen LogP contribution in [-0.4, -0.2) is 29.3 Å². The largest absolute Gasteiger partial charge is 0.374 e. The van der Waals surface area contributed by atoms with E-state index in [-0.39, 0.29) is 17.9 Å². The molecule has 0 radical (unpaired) electrons. The van der Waals surface area contributed by atoms with Gasteiger partial charge in [-0.15, -0.1) is 0 Å². The fourth-order valence-electron chi connectivity index (χ4n) is 3.68. The molecular formula is C24H31N3O2. The normalized spacial score (nSPS) is 15.3. The number of hydrogen-bond donors (Lipinski definition) is 2. The number of para-hydroxylation sites is 1. The molecule has 1 unspecified atom stereocenters. The molecular weight excluding hydrogens is 362 g/mol. The van der Waals surface area contributed by atoms with E-state index < -0.39 is 0 Å². The third-order valence-electron chi connectivity index (χ3n) is 5.34. The first-order chi connectivity index (χ1) is 13.9. The van der Waals surface area contributed by atoms with Gasteiger partial charge in [0.2, 0.25) is 11.8 Å². The standard InChI is InChI=1S/C24H31N3O2/c1-17(2)21-11-4-5-12-22(21)26-24(29)18(3)25-20-10-8-9-19(15-20)16-27-14-7-6-13-23(27)28/h4-5,8-12,15,17-18,25H,6-7,13-14,16H2,1-3H3,(H,26,29). The third kappa shape index (κ3) is 5.59. The van der Waals surface area contributed by atoms with Crippen molar-refractivity contribution >= 4 is 23.2 Å². The number of anilines is 2. The summed E-state index contributed by atoms with van der Waals surface area (Å²) < 4.78 is 0. The van der Waals surface area contributed by atoms with Gasteiger partial charge in [0, 0.05) is 30.9 Å². The molecule has 5 heteroatoms. The second-order valence-electron chi connectivity index (χ2n) is 8.07. The van der Waals surface area contributed by atoms with E-state index >= 15 is 0 Å². The summed E-state index contributed by atoms with van der Waals surface area (Å²) in [7, 11) is 0. The van der Waals surface area contributed by atoms with Gasteiger partial charge in [-0.3, -0.25) is 9.59 Å². The van der Waals surface area contributed by atoms with Gasteiger partial charge < -0.3 is 15.5 Å². The molecule has 2 aromatic rings. The van der Waals surface area contributed by atoms with E-state index in [9.17, 15) is 9.59 Å². The predicted octanol–water partition coefficient (Wildman–Crippen LogP) is 4.76. The van der Waals surface area contributed by atoms with E-state index in [0.29, 0.717) is 18.9 Å². The van der Waals surface area contributed by atoms with Crippen LogP contribution in [0.5, 0.6) is 0 Å². The Labute approximate surface area is 173 Å². The molecule has 1 aliphatic heterocycles. The monoisotopic (exact) mass is 393 g/mol. The highest BCUT2D eigenvalue weighted by atomic mass is 16.2. The summed E-state index contributed by atoms with van der Waals surface area (Å²) in [5.74, 6) is 0.491. The lowest BCUT2D eigenvalue weighted by Gasteiger charge is -2.27. The van der Waals surface area contributed by atoms with Gasteiger partial charge in [-0.2, -0.15) is 0 Å². The number of nitrogens with one attached hydrogen (secondary N) is 2. The lowest BCUT2D eigenvalue weighted by Crippen LogP contribution is -2.34. The molecule has 1 heterocycles. The summed E-state index contributed by atoms with van der Waals surface area (Å²) >= 11 is 0. The average molecular weight is 394 g/mol. The van der Waals surface area contributed by atoms with E-state index in [1.807, 2.05) is 60.4 Å². The number of carbonyl (C=O) groups is 2. The van der Waals surface area contributed by atoms with Crippen molar-refractivity contribution < 1.29 is 9.59 Å². The van der Waals surface area contributed by atoms with Crippen LogP contribution in [0.25, 0.3) is 0 Å². The fraction of sp³-hybridized carbons (Fsp3) is 0.417. The second-order valence-corrected chi connectivity index (χ2v) is 8.07. The average Bonchev–Trinajstić information content (AvgIpc) is 2.70. The number of benzene rings is 2. The van der Waals surface area contributed by atoms with Crippen molar-refractivity contribution in [2.24, 2.45) is 0 Å². The number of piperidine rings is 1. The van der Waals surface area contributed by atoms with Gasteiger partial charge in [-0.05, 0) is 55.0 Å². The minimum absolute atomic E-state index is 0.0743. The van der Waals surface area contributed by atoms with Gasteiger partial charge in [-0.1, -0.05) is 44.2 Å². The van der Waals surface area contributed by atoms with Crippen molar-refractivity contribution in [2.75, 3.05) is 17.2 Å². The molecule has 2 N–H and O–H groups in total. The first kappa shape index (κ1) is 20.9. The maximum Gasteiger partial charge on any atom is 0.246 e. The van der Waals surface area contributed by atoms with Crippen molar-refractivity contribution in [3.63, 3.8) is 0 Å². The molecule has 0 spiro atoms. The van der Waals surface area contributed by atoms with Crippen LogP contribution in [0.2, 0.25) is 0 Å². The van der Waals surface area contributed by atoms with Crippen LogP contribution in [0.3, 0.4) is 0 Å². The molecule has 2 amide bonds. The zero-order valence-electron chi connectivity index (χ0n) is 17.6. The number of nitrogens with zero attached hydrogens (tertiary/aromatic N) is 1. The van der Waals surface area contributed by atoms with Gasteiger partial charge in [0.15, 0.2) is 0 Å². The molecule has 5 nitrogen and oxygen atoms in total. The van der Waals surface area contributed by atoms with Crippen molar-refractivity contribution in [3.05, 3.63) is 59.7 Å². The van der Waals surface area contributed by atoms with Crippen molar-refractivity contribution in [1.29, 1.82) is 0 Å². The Bertz CT molecular complexity index is 863. The van der Waals surface area contributed by atoms with Crippen LogP contribution < -0.4 is 10.6 Å². The van der Waals surface area contributed by atoms with Gasteiger partial charge >= 0.3 is 0 Å². The molecule has 154 valence electrons. The summed E-state index contributed by atoms with van der Waals surface area (Å²) in [6.07, 6.45) is 2.70. The van der Waals surface area contributed by atoms with Gasteiger partial charge in [-0.25, -0.2) is 0 Å². The van der Waals surface area contributed by atoms with Crippen LogP contribution in [-0.2, 0) is 16.1 Å². The van der Waals surface area contributed by atoms with Crippen molar-refractivity contribution in [2.45, 2.75) is 58.5 Å². The quantitative estimate of drug-likeness (QED) is 0.713. The van der Waals surface area contributed by atoms with Crippen molar-refractivity contribution in [1.82, 2.24) is 4.90 Å². The molecule has 1 atom stereocenters. The van der Waals surface area contributed by atoms with E-state index in [1.165, 1.54) is 0 Å². The van der Waals surface area contributed by atoms with Crippen LogP contribution in [0.15, 0.2) is 48.5 Å². The molecule has 1 fully saturated rings. The van der Waals surface area contributed by atoms with E-state index in [0.717, 1.165) is 41.9 Å². The highest BCUT2D eigenvalue weighted by Crippen LogP contribution is 2.24. The van der Waals surface area contributed by atoms with Crippen LogP contribution in [0, 0.1) is 0 Å². The Morgan fingerprint density at radius 3 is 2.62 bits per heavy atom. The molecule has 0 bridgehead atoms. The van der Waals surface area contributed by atoms with E-state index in [2.05, 4.69) is 24.5 Å². The fourth-order valence-corrected chi connectivity index (χ4v) is 3.68. The van der Waals surface area contributed by atoms with Crippen LogP contribution >= 0.6 is 0 Å². The lowest BCUT2D eigenvalue weighted by molar-refractivity contribution is -0.133. The molecule has 0 saturated carbocycles. The number of hydrogen-bond acceptors (Lipinski definition) is 3. The minimum Gasteiger partial charge on any atom is -0.374 e. The molecule has 1 saturated heterocycles. The summed E-state index contributed by atoms with van der Waals surface area (Å²) in [6.45, 7) is 7.53. The van der Waals surface area contributed by atoms with Gasteiger partial charge in [0.1, 0.15) is 6.04 Å². The molecule has 29 heavy (non-hydrogen) atoms. The maximum absolute atomic E-state index is 12.7. The van der Waals surface area contributed by atoms with E-state index in [4.69, 9.17) is 0 Å². The SMILES string of the molecule is CC(Nc1cccc(CN2CCCCC2=O)c1)C(=O)Nc1ccccc1C(C)C. The number of amides is 2. The topological polar surface area (TPSA) is 61.4 Å². The summed E-state index contributed by atoms with van der Waals surface area (Å²) in [5, 5.41) is 6.33. The first-order valence-corrected chi connectivity index (χ1v) is 10.5. The summed E-state index contributed by atoms with van der Waals surface area (Å²) in [5.41, 5.74) is 3.94. The first-order valence-electron chi connectivity index (χ1n) is 10.5. The Morgan fingerprint density at radius 2 is 1.86 bits per heavy atom. The molecule has 2 aromatic carbocycles. The Kier molecular flexibility index (Phi) is 6.91. The van der Waals surface area contributed by atoms with Crippen LogP contribution in [0.1, 0.15) is 57.1 Å². The van der Waals surface area contributed by atoms with Crippen molar-refractivity contribution in [3.8, 4) is 0 Å². The molecule has 3 rings (SSSR count). The number of likely N-dealkylation sites (tertiary alicyclic amines) is 1. The van der Waals surface area contributed by atoms with E-state index in [1.54, 1.807) is 0 Å². The van der Waals surface area contributed by atoms with Gasteiger partial charge in [0.05, 0.1) is 0 Å². The Morgan fingerprint density at radius 1 is 1.07 bits per heavy atom. The summed E-state index contributed by atoms with van der Waals surface area (Å²) in [6, 6.07) is 15.5. The van der Waals surface area contributed by atoms with Gasteiger partial charge in [0.25, 0.3) is 0 Å². The molecule has 0 aromatic heterocycles. The predicted molar refractivity (Wildman–Crippen MR) is 118 cm³/mol. The highest BCUT2D eigenvalue weighted by Gasteiger charge is 2.19. The lowest BCUT2D eigenvalue weighted by atomic mass is 10.0.